The molecule has 0 bridgehead atoms. The Morgan fingerprint density at radius 3 is 3.00 bits per heavy atom. The summed E-state index contributed by atoms with van der Waals surface area (Å²) in [4.78, 5) is 19.2. The number of carbonyl (C=O) groups is 1. The second kappa shape index (κ2) is 7.94. The smallest absolute Gasteiger partial charge is 0.261 e. The fourth-order valence-corrected chi connectivity index (χ4v) is 3.32. The fourth-order valence-electron chi connectivity index (χ4n) is 2.45. The number of ether oxygens (including phenoxy) is 2. The number of nitrogens with zero attached hydrogens (tertiary/aromatic N) is 2. The van der Waals surface area contributed by atoms with Gasteiger partial charge in [-0.3, -0.25) is 15.0 Å². The van der Waals surface area contributed by atoms with Crippen LogP contribution in [0.1, 0.15) is 16.1 Å². The van der Waals surface area contributed by atoms with Gasteiger partial charge in [-0.2, -0.15) is 0 Å². The molecule has 0 radical (unpaired) electrons. The number of benzene rings is 1. The van der Waals surface area contributed by atoms with E-state index < -0.39 is 0 Å². The maximum absolute atomic E-state index is 12.4. The summed E-state index contributed by atoms with van der Waals surface area (Å²) in [5.41, 5.74) is 1.32. The molecule has 1 aliphatic heterocycles. The highest BCUT2D eigenvalue weighted by Gasteiger charge is 2.16. The summed E-state index contributed by atoms with van der Waals surface area (Å²) >= 11 is 7.37. The maximum atomic E-state index is 12.4. The summed E-state index contributed by atoms with van der Waals surface area (Å²) in [6.07, 6.45) is 0. The number of hydrogen-bond donors (Lipinski definition) is 1. The zero-order valence-corrected chi connectivity index (χ0v) is 14.8. The van der Waals surface area contributed by atoms with Crippen molar-refractivity contribution >= 4 is 34.0 Å². The first-order valence-corrected chi connectivity index (χ1v) is 8.81. The average molecular weight is 368 g/mol. The van der Waals surface area contributed by atoms with Gasteiger partial charge in [0.15, 0.2) is 5.13 Å². The van der Waals surface area contributed by atoms with Gasteiger partial charge in [-0.05, 0) is 18.2 Å². The number of nitrogens with one attached hydrogen (secondary N) is 1. The van der Waals surface area contributed by atoms with Crippen molar-refractivity contribution in [3.63, 3.8) is 0 Å². The van der Waals surface area contributed by atoms with E-state index >= 15 is 0 Å². The molecule has 0 unspecified atom stereocenters. The zero-order chi connectivity index (χ0) is 16.9. The van der Waals surface area contributed by atoms with Gasteiger partial charge in [0.05, 0.1) is 31.6 Å². The van der Waals surface area contributed by atoms with Crippen molar-refractivity contribution in [3.05, 3.63) is 39.9 Å². The minimum absolute atomic E-state index is 0.290. The summed E-state index contributed by atoms with van der Waals surface area (Å²) in [5, 5.41) is 5.80. The number of halogens is 1. The Hall–Kier alpha value is -1.67. The van der Waals surface area contributed by atoms with Gasteiger partial charge < -0.3 is 9.47 Å². The summed E-state index contributed by atoms with van der Waals surface area (Å²) in [5.74, 6) is 0.184. The Bertz CT molecular complexity index is 716. The van der Waals surface area contributed by atoms with Gasteiger partial charge in [0.1, 0.15) is 5.75 Å². The van der Waals surface area contributed by atoms with Crippen molar-refractivity contribution in [2.24, 2.45) is 0 Å². The number of aromatic nitrogens is 1. The number of anilines is 1. The van der Waals surface area contributed by atoms with Gasteiger partial charge in [0, 0.05) is 30.0 Å². The molecule has 8 heteroatoms. The van der Waals surface area contributed by atoms with E-state index in [1.54, 1.807) is 18.2 Å². The van der Waals surface area contributed by atoms with Crippen molar-refractivity contribution in [1.29, 1.82) is 0 Å². The van der Waals surface area contributed by atoms with E-state index in [9.17, 15) is 4.79 Å². The Balaban J connectivity index is 1.66. The second-order valence-electron chi connectivity index (χ2n) is 5.33. The van der Waals surface area contributed by atoms with Gasteiger partial charge in [0.25, 0.3) is 5.91 Å². The van der Waals surface area contributed by atoms with E-state index in [-0.39, 0.29) is 5.91 Å². The molecule has 2 aromatic rings. The molecule has 2 heterocycles. The first-order valence-electron chi connectivity index (χ1n) is 7.55. The molecule has 0 aliphatic carbocycles. The van der Waals surface area contributed by atoms with E-state index in [4.69, 9.17) is 21.1 Å². The van der Waals surface area contributed by atoms with Crippen LogP contribution in [0.15, 0.2) is 23.6 Å². The predicted molar refractivity (Wildman–Crippen MR) is 94.2 cm³/mol. The first kappa shape index (κ1) is 17.2. The van der Waals surface area contributed by atoms with Gasteiger partial charge in [0.2, 0.25) is 0 Å². The van der Waals surface area contributed by atoms with Crippen LogP contribution in [0, 0.1) is 0 Å². The second-order valence-corrected chi connectivity index (χ2v) is 6.63. The highest BCUT2D eigenvalue weighted by molar-refractivity contribution is 7.14. The molecule has 1 fully saturated rings. The SMILES string of the molecule is COc1ccc(Cl)cc1C(=O)Nc1nc(CN2CCOCC2)cs1. The molecule has 24 heavy (non-hydrogen) atoms. The van der Waals surface area contributed by atoms with Crippen molar-refractivity contribution in [2.45, 2.75) is 6.54 Å². The van der Waals surface area contributed by atoms with Gasteiger partial charge in [-0.1, -0.05) is 11.6 Å². The summed E-state index contributed by atoms with van der Waals surface area (Å²) in [7, 11) is 1.52. The zero-order valence-electron chi connectivity index (χ0n) is 13.3. The van der Waals surface area contributed by atoms with E-state index in [2.05, 4.69) is 15.2 Å². The summed E-state index contributed by atoms with van der Waals surface area (Å²) in [6.45, 7) is 4.07. The number of methoxy groups -OCH3 is 1. The quantitative estimate of drug-likeness (QED) is 0.880. The van der Waals surface area contributed by atoms with Crippen molar-refractivity contribution in [2.75, 3.05) is 38.7 Å². The average Bonchev–Trinajstić information content (AvgIpc) is 3.02. The Morgan fingerprint density at radius 2 is 2.25 bits per heavy atom. The number of rotatable bonds is 5. The van der Waals surface area contributed by atoms with Crippen molar-refractivity contribution in [3.8, 4) is 5.75 Å². The number of morpholine rings is 1. The third kappa shape index (κ3) is 4.24. The topological polar surface area (TPSA) is 63.7 Å². The van der Waals surface area contributed by atoms with E-state index in [0.717, 1.165) is 38.5 Å². The minimum atomic E-state index is -0.290. The number of carbonyl (C=O) groups excluding carboxylic acids is 1. The van der Waals surface area contributed by atoms with Gasteiger partial charge in [-0.15, -0.1) is 11.3 Å². The van der Waals surface area contributed by atoms with Crippen LogP contribution >= 0.6 is 22.9 Å². The highest BCUT2D eigenvalue weighted by atomic mass is 35.5. The molecular weight excluding hydrogens is 350 g/mol. The largest absolute Gasteiger partial charge is 0.496 e. The van der Waals surface area contributed by atoms with Crippen LogP contribution in [0.4, 0.5) is 5.13 Å². The Kier molecular flexibility index (Phi) is 5.68. The predicted octanol–water partition coefficient (Wildman–Crippen LogP) is 2.89. The van der Waals surface area contributed by atoms with Crippen LogP contribution in [0.3, 0.4) is 0 Å². The lowest BCUT2D eigenvalue weighted by atomic mass is 10.2. The van der Waals surface area contributed by atoms with Crippen LogP contribution in [0.5, 0.6) is 5.75 Å². The van der Waals surface area contributed by atoms with Gasteiger partial charge >= 0.3 is 0 Å². The van der Waals surface area contributed by atoms with Crippen molar-refractivity contribution in [1.82, 2.24) is 9.88 Å². The monoisotopic (exact) mass is 367 g/mol. The lowest BCUT2D eigenvalue weighted by Crippen LogP contribution is -2.35. The molecule has 0 saturated carbocycles. The van der Waals surface area contributed by atoms with Crippen LogP contribution < -0.4 is 10.1 Å². The third-order valence-corrected chi connectivity index (χ3v) is 4.71. The third-order valence-electron chi connectivity index (χ3n) is 3.67. The maximum Gasteiger partial charge on any atom is 0.261 e. The van der Waals surface area contributed by atoms with Crippen LogP contribution in [-0.2, 0) is 11.3 Å². The van der Waals surface area contributed by atoms with E-state index in [1.807, 2.05) is 5.38 Å². The van der Waals surface area contributed by atoms with E-state index in [1.165, 1.54) is 18.4 Å². The molecular formula is C16H18ClN3O3S. The molecule has 1 aliphatic rings. The van der Waals surface area contributed by atoms with Crippen molar-refractivity contribution < 1.29 is 14.3 Å². The fraction of sp³-hybridized carbons (Fsp3) is 0.375. The lowest BCUT2D eigenvalue weighted by molar-refractivity contribution is 0.0337. The first-order chi connectivity index (χ1) is 11.7. The minimum Gasteiger partial charge on any atom is -0.496 e. The summed E-state index contributed by atoms with van der Waals surface area (Å²) in [6, 6.07) is 4.93. The Labute approximate surface area is 149 Å². The Morgan fingerprint density at radius 1 is 1.46 bits per heavy atom. The molecule has 1 saturated heterocycles. The molecule has 1 amide bonds. The molecule has 0 atom stereocenters. The molecule has 1 N–H and O–H groups in total. The molecule has 1 aromatic heterocycles. The molecule has 1 aromatic carbocycles. The molecule has 3 rings (SSSR count). The highest BCUT2D eigenvalue weighted by Crippen LogP contribution is 2.25. The molecule has 0 spiro atoms. The molecule has 6 nitrogen and oxygen atoms in total. The van der Waals surface area contributed by atoms with Crippen LogP contribution in [0.2, 0.25) is 5.02 Å². The standard InChI is InChI=1S/C16H18ClN3O3S/c1-22-14-3-2-11(17)8-13(14)15(21)19-16-18-12(10-24-16)9-20-4-6-23-7-5-20/h2-3,8,10H,4-7,9H2,1H3,(H,18,19,21). The molecule has 128 valence electrons. The lowest BCUT2D eigenvalue weighted by Gasteiger charge is -2.25. The number of thiazole rings is 1. The van der Waals surface area contributed by atoms with Gasteiger partial charge in [-0.25, -0.2) is 4.98 Å². The normalized spacial score (nSPS) is 15.2. The summed E-state index contributed by atoms with van der Waals surface area (Å²) < 4.78 is 10.5. The number of hydrogen-bond acceptors (Lipinski definition) is 6. The van der Waals surface area contributed by atoms with E-state index in [0.29, 0.717) is 21.5 Å². The van der Waals surface area contributed by atoms with Crippen LogP contribution in [-0.4, -0.2) is 49.2 Å². The number of amides is 1. The van der Waals surface area contributed by atoms with Crippen LogP contribution in [0.25, 0.3) is 0 Å².